The first-order valence-corrected chi connectivity index (χ1v) is 7.48. The Morgan fingerprint density at radius 2 is 2.23 bits per heavy atom. The molecular formula is C16H18N4O2. The molecule has 0 amide bonds. The number of hydrogen-bond acceptors (Lipinski definition) is 5. The molecule has 6 heteroatoms. The van der Waals surface area contributed by atoms with Crippen LogP contribution in [0.1, 0.15) is 11.6 Å². The zero-order valence-corrected chi connectivity index (χ0v) is 12.2. The highest BCUT2D eigenvalue weighted by molar-refractivity contribution is 5.62. The summed E-state index contributed by atoms with van der Waals surface area (Å²) < 4.78 is 13.2. The standard InChI is InChI=1S/C16H18N4O2/c1-2-4-16-13(3-1)7-12(9-22-16)8-17-14-10-21-11-15(14)20-6-5-18-19-20/h1-7,14-15,17H,8-11H2/t14-,15+/m0/s1. The van der Waals surface area contributed by atoms with Gasteiger partial charge in [-0.3, -0.25) is 0 Å². The number of hydrogen-bond donors (Lipinski definition) is 1. The minimum atomic E-state index is 0.194. The topological polar surface area (TPSA) is 61.2 Å². The van der Waals surface area contributed by atoms with Crippen LogP contribution in [0.25, 0.3) is 6.08 Å². The van der Waals surface area contributed by atoms with Crippen molar-refractivity contribution in [1.29, 1.82) is 0 Å². The summed E-state index contributed by atoms with van der Waals surface area (Å²) in [6.07, 6.45) is 5.78. The molecule has 1 aromatic carbocycles. The summed E-state index contributed by atoms with van der Waals surface area (Å²) in [7, 11) is 0. The molecule has 2 atom stereocenters. The molecule has 0 spiro atoms. The maximum Gasteiger partial charge on any atom is 0.127 e. The summed E-state index contributed by atoms with van der Waals surface area (Å²) >= 11 is 0. The van der Waals surface area contributed by atoms with Gasteiger partial charge in [-0.25, -0.2) is 4.68 Å². The summed E-state index contributed by atoms with van der Waals surface area (Å²) in [5.74, 6) is 0.955. The van der Waals surface area contributed by atoms with Crippen LogP contribution in [-0.2, 0) is 4.74 Å². The van der Waals surface area contributed by atoms with E-state index in [4.69, 9.17) is 9.47 Å². The monoisotopic (exact) mass is 298 g/mol. The Hall–Kier alpha value is -2.18. The third kappa shape index (κ3) is 2.63. The van der Waals surface area contributed by atoms with Crippen molar-refractivity contribution < 1.29 is 9.47 Å². The first-order chi connectivity index (χ1) is 10.9. The first kappa shape index (κ1) is 13.5. The van der Waals surface area contributed by atoms with E-state index in [1.54, 1.807) is 6.20 Å². The Bertz CT molecular complexity index is 669. The molecule has 0 aliphatic carbocycles. The van der Waals surface area contributed by atoms with Crippen molar-refractivity contribution in [1.82, 2.24) is 20.3 Å². The molecule has 1 aromatic heterocycles. The van der Waals surface area contributed by atoms with Gasteiger partial charge in [-0.1, -0.05) is 23.4 Å². The molecule has 2 aliphatic heterocycles. The number of ether oxygens (including phenoxy) is 2. The van der Waals surface area contributed by atoms with E-state index < -0.39 is 0 Å². The zero-order chi connectivity index (χ0) is 14.8. The summed E-state index contributed by atoms with van der Waals surface area (Å²) in [5, 5.41) is 11.5. The number of nitrogens with zero attached hydrogens (tertiary/aromatic N) is 3. The number of para-hydroxylation sites is 1. The van der Waals surface area contributed by atoms with E-state index in [1.165, 1.54) is 5.57 Å². The van der Waals surface area contributed by atoms with Gasteiger partial charge in [0.05, 0.1) is 31.5 Å². The average Bonchev–Trinajstić information content (AvgIpc) is 3.23. The van der Waals surface area contributed by atoms with Gasteiger partial charge in [-0.2, -0.15) is 0 Å². The Labute approximate surface area is 128 Å². The van der Waals surface area contributed by atoms with Gasteiger partial charge in [0.15, 0.2) is 0 Å². The van der Waals surface area contributed by atoms with Crippen LogP contribution >= 0.6 is 0 Å². The van der Waals surface area contributed by atoms with Gasteiger partial charge in [-0.15, -0.1) is 5.10 Å². The van der Waals surface area contributed by atoms with E-state index in [0.717, 1.165) is 17.9 Å². The summed E-state index contributed by atoms with van der Waals surface area (Å²) in [6, 6.07) is 8.53. The van der Waals surface area contributed by atoms with Crippen LogP contribution in [0.4, 0.5) is 0 Å². The predicted octanol–water partition coefficient (Wildman–Crippen LogP) is 1.28. The fourth-order valence-electron chi connectivity index (χ4n) is 2.92. The number of nitrogens with one attached hydrogen (secondary N) is 1. The summed E-state index contributed by atoms with van der Waals surface area (Å²) in [5.41, 5.74) is 2.38. The fourth-order valence-corrected chi connectivity index (χ4v) is 2.92. The van der Waals surface area contributed by atoms with Gasteiger partial charge >= 0.3 is 0 Å². The Morgan fingerprint density at radius 3 is 3.14 bits per heavy atom. The van der Waals surface area contributed by atoms with E-state index in [9.17, 15) is 0 Å². The molecule has 1 fully saturated rings. The molecule has 0 bridgehead atoms. The maximum atomic E-state index is 5.78. The molecule has 114 valence electrons. The van der Waals surface area contributed by atoms with Crippen molar-refractivity contribution in [3.05, 3.63) is 47.8 Å². The molecule has 2 aromatic rings. The van der Waals surface area contributed by atoms with Crippen molar-refractivity contribution in [2.45, 2.75) is 12.1 Å². The normalized spacial score (nSPS) is 23.7. The number of rotatable bonds is 4. The van der Waals surface area contributed by atoms with Gasteiger partial charge < -0.3 is 14.8 Å². The van der Waals surface area contributed by atoms with E-state index in [-0.39, 0.29) is 12.1 Å². The SMILES string of the molecule is C1=C(CN[C@H]2COC[C@H]2n2ccnn2)COc2ccccc21. The minimum absolute atomic E-state index is 0.194. The second-order valence-corrected chi connectivity index (χ2v) is 5.60. The van der Waals surface area contributed by atoms with E-state index in [1.807, 2.05) is 29.1 Å². The van der Waals surface area contributed by atoms with Crippen LogP contribution in [-0.4, -0.2) is 47.4 Å². The zero-order valence-electron chi connectivity index (χ0n) is 12.2. The Balaban J connectivity index is 1.42. The van der Waals surface area contributed by atoms with Crippen molar-refractivity contribution >= 4 is 6.08 Å². The van der Waals surface area contributed by atoms with E-state index in [0.29, 0.717) is 19.8 Å². The maximum absolute atomic E-state index is 5.78. The smallest absolute Gasteiger partial charge is 0.127 e. The average molecular weight is 298 g/mol. The molecule has 4 rings (SSSR count). The molecule has 6 nitrogen and oxygen atoms in total. The molecule has 0 saturated carbocycles. The Kier molecular flexibility index (Phi) is 3.62. The van der Waals surface area contributed by atoms with Crippen LogP contribution in [0.3, 0.4) is 0 Å². The lowest BCUT2D eigenvalue weighted by Gasteiger charge is -2.22. The minimum Gasteiger partial charge on any atom is -0.489 e. The highest BCUT2D eigenvalue weighted by Crippen LogP contribution is 2.26. The van der Waals surface area contributed by atoms with Gasteiger partial charge in [0.1, 0.15) is 12.4 Å². The van der Waals surface area contributed by atoms with Crippen LogP contribution < -0.4 is 10.1 Å². The van der Waals surface area contributed by atoms with Crippen LogP contribution in [0, 0.1) is 0 Å². The van der Waals surface area contributed by atoms with E-state index in [2.05, 4.69) is 27.8 Å². The largest absolute Gasteiger partial charge is 0.489 e. The van der Waals surface area contributed by atoms with Gasteiger partial charge in [0, 0.05) is 18.3 Å². The van der Waals surface area contributed by atoms with Gasteiger partial charge in [0.2, 0.25) is 0 Å². The van der Waals surface area contributed by atoms with Crippen LogP contribution in [0.2, 0.25) is 0 Å². The highest BCUT2D eigenvalue weighted by atomic mass is 16.5. The molecule has 0 radical (unpaired) electrons. The molecule has 22 heavy (non-hydrogen) atoms. The lowest BCUT2D eigenvalue weighted by molar-refractivity contribution is 0.181. The highest BCUT2D eigenvalue weighted by Gasteiger charge is 2.30. The lowest BCUT2D eigenvalue weighted by Crippen LogP contribution is -2.39. The van der Waals surface area contributed by atoms with Gasteiger partial charge in [0.25, 0.3) is 0 Å². The fraction of sp³-hybridized carbons (Fsp3) is 0.375. The number of benzene rings is 1. The van der Waals surface area contributed by atoms with Crippen molar-refractivity contribution in [3.8, 4) is 5.75 Å². The molecule has 3 heterocycles. The second kappa shape index (κ2) is 5.90. The van der Waals surface area contributed by atoms with Crippen molar-refractivity contribution in [3.63, 3.8) is 0 Å². The molecule has 1 saturated heterocycles. The third-order valence-corrected chi connectivity index (χ3v) is 4.11. The lowest BCUT2D eigenvalue weighted by atomic mass is 10.1. The molecule has 2 aliphatic rings. The van der Waals surface area contributed by atoms with E-state index >= 15 is 0 Å². The van der Waals surface area contributed by atoms with Gasteiger partial charge in [-0.05, 0) is 17.7 Å². The number of fused-ring (bicyclic) bond motifs is 1. The summed E-state index contributed by atoms with van der Waals surface area (Å²) in [4.78, 5) is 0. The Morgan fingerprint density at radius 1 is 1.27 bits per heavy atom. The van der Waals surface area contributed by atoms with Crippen LogP contribution in [0.5, 0.6) is 5.75 Å². The second-order valence-electron chi connectivity index (χ2n) is 5.60. The molecule has 1 N–H and O–H groups in total. The molecule has 0 unspecified atom stereocenters. The van der Waals surface area contributed by atoms with Crippen molar-refractivity contribution in [2.75, 3.05) is 26.4 Å². The quantitative estimate of drug-likeness (QED) is 0.921. The number of aromatic nitrogens is 3. The molecular weight excluding hydrogens is 280 g/mol. The van der Waals surface area contributed by atoms with Crippen LogP contribution in [0.15, 0.2) is 42.2 Å². The van der Waals surface area contributed by atoms with Crippen molar-refractivity contribution in [2.24, 2.45) is 0 Å². The predicted molar refractivity (Wildman–Crippen MR) is 81.6 cm³/mol. The third-order valence-electron chi connectivity index (χ3n) is 4.11. The summed E-state index contributed by atoms with van der Waals surface area (Å²) in [6.45, 7) is 2.77. The first-order valence-electron chi connectivity index (χ1n) is 7.48.